The summed E-state index contributed by atoms with van der Waals surface area (Å²) in [7, 11) is 0. The molecule has 0 spiro atoms. The number of rotatable bonds is 8. The van der Waals surface area contributed by atoms with Crippen molar-refractivity contribution in [3.05, 3.63) is 120 Å². The van der Waals surface area contributed by atoms with Crippen LogP contribution in [0.3, 0.4) is 0 Å². The summed E-state index contributed by atoms with van der Waals surface area (Å²) >= 11 is 14.4. The highest BCUT2D eigenvalue weighted by atomic mass is 127. The number of aromatic nitrogens is 2. The molecule has 0 atom stereocenters. The quantitative estimate of drug-likeness (QED) is 0.125. The first-order chi connectivity index (χ1) is 18.9. The van der Waals surface area contributed by atoms with Crippen molar-refractivity contribution in [3.8, 4) is 22.9 Å². The molecule has 5 rings (SSSR count). The van der Waals surface area contributed by atoms with E-state index in [9.17, 15) is 4.79 Å². The summed E-state index contributed by atoms with van der Waals surface area (Å²) in [5.74, 6) is 1.63. The van der Waals surface area contributed by atoms with Gasteiger partial charge in [-0.2, -0.15) is 9.78 Å². The normalized spacial score (nSPS) is 11.3. The van der Waals surface area contributed by atoms with Gasteiger partial charge in [0.05, 0.1) is 37.3 Å². The second kappa shape index (κ2) is 12.2. The van der Waals surface area contributed by atoms with E-state index in [-0.39, 0.29) is 5.56 Å². The summed E-state index contributed by atoms with van der Waals surface area (Å²) < 4.78 is 14.2. The van der Waals surface area contributed by atoms with Crippen LogP contribution in [-0.4, -0.2) is 22.5 Å². The molecule has 6 nitrogen and oxygen atoms in total. The molecule has 0 aliphatic rings. The van der Waals surface area contributed by atoms with Crippen LogP contribution in [-0.2, 0) is 6.61 Å². The molecule has 0 aliphatic carbocycles. The molecule has 1 heterocycles. The van der Waals surface area contributed by atoms with Gasteiger partial charge in [-0.1, -0.05) is 71.7 Å². The van der Waals surface area contributed by atoms with Crippen molar-refractivity contribution in [2.24, 2.45) is 5.10 Å². The average Bonchev–Trinajstić information content (AvgIpc) is 2.94. The summed E-state index contributed by atoms with van der Waals surface area (Å²) in [6.07, 6.45) is 1.62. The monoisotopic (exact) mass is 669 g/mol. The van der Waals surface area contributed by atoms with Crippen molar-refractivity contribution in [2.75, 3.05) is 6.61 Å². The van der Waals surface area contributed by atoms with Crippen molar-refractivity contribution in [1.82, 2.24) is 9.66 Å². The van der Waals surface area contributed by atoms with E-state index in [2.05, 4.69) is 27.7 Å². The number of hydrogen-bond donors (Lipinski definition) is 0. The van der Waals surface area contributed by atoms with Crippen LogP contribution in [0, 0.1) is 3.57 Å². The first-order valence-corrected chi connectivity index (χ1v) is 13.9. The molecule has 1 aromatic heterocycles. The fourth-order valence-electron chi connectivity index (χ4n) is 3.98. The average molecular weight is 670 g/mol. The van der Waals surface area contributed by atoms with Crippen molar-refractivity contribution in [3.63, 3.8) is 0 Å². The van der Waals surface area contributed by atoms with Crippen LogP contribution < -0.4 is 15.0 Å². The van der Waals surface area contributed by atoms with Gasteiger partial charge in [0.25, 0.3) is 5.56 Å². The van der Waals surface area contributed by atoms with Gasteiger partial charge in [-0.05, 0) is 77.0 Å². The Balaban J connectivity index is 1.51. The predicted octanol–water partition coefficient (Wildman–Crippen LogP) is 7.83. The molecule has 39 heavy (non-hydrogen) atoms. The Morgan fingerprint density at radius 1 is 0.949 bits per heavy atom. The van der Waals surface area contributed by atoms with Crippen molar-refractivity contribution in [1.29, 1.82) is 0 Å². The van der Waals surface area contributed by atoms with E-state index >= 15 is 0 Å². The molecule has 0 N–H and O–H groups in total. The second-order valence-corrected chi connectivity index (χ2v) is 10.5. The van der Waals surface area contributed by atoms with E-state index in [1.165, 1.54) is 4.68 Å². The highest BCUT2D eigenvalue weighted by molar-refractivity contribution is 14.1. The molecule has 0 aliphatic heterocycles. The lowest BCUT2D eigenvalue weighted by Crippen LogP contribution is -2.20. The molecule has 0 radical (unpaired) electrons. The first kappa shape index (κ1) is 27.2. The molecule has 4 aromatic carbocycles. The lowest BCUT2D eigenvalue weighted by atomic mass is 10.2. The number of halogens is 3. The lowest BCUT2D eigenvalue weighted by Gasteiger charge is -2.15. The number of hydrogen-bond acceptors (Lipinski definition) is 5. The maximum atomic E-state index is 13.4. The fourth-order valence-corrected chi connectivity index (χ4v) is 5.08. The van der Waals surface area contributed by atoms with E-state index in [1.807, 2.05) is 73.7 Å². The van der Waals surface area contributed by atoms with Crippen LogP contribution in [0.4, 0.5) is 0 Å². The van der Waals surface area contributed by atoms with Crippen LogP contribution in [0.1, 0.15) is 18.1 Å². The second-order valence-electron chi connectivity index (χ2n) is 8.48. The van der Waals surface area contributed by atoms with Gasteiger partial charge in [0.2, 0.25) is 0 Å². The zero-order valence-corrected chi connectivity index (χ0v) is 24.4. The molecule has 0 saturated carbocycles. The van der Waals surface area contributed by atoms with E-state index in [0.29, 0.717) is 51.5 Å². The maximum absolute atomic E-state index is 13.4. The number of ether oxygens (including phenoxy) is 2. The van der Waals surface area contributed by atoms with E-state index in [1.54, 1.807) is 24.4 Å². The molecule has 9 heteroatoms. The number of fused-ring (bicyclic) bond motifs is 1. The zero-order chi connectivity index (χ0) is 27.4. The Morgan fingerprint density at radius 3 is 2.49 bits per heavy atom. The maximum Gasteiger partial charge on any atom is 0.282 e. The predicted molar refractivity (Wildman–Crippen MR) is 166 cm³/mol. The molecule has 0 amide bonds. The van der Waals surface area contributed by atoms with Crippen LogP contribution in [0.25, 0.3) is 22.3 Å². The summed E-state index contributed by atoms with van der Waals surface area (Å²) in [6, 6.07) is 25.9. The summed E-state index contributed by atoms with van der Waals surface area (Å²) in [4.78, 5) is 18.2. The number of para-hydroxylation sites is 1. The standard InChI is InChI=1S/C30H22Cl2IN3O3/c1-2-38-27-16-20(15-25(33)28(27)39-18-19-12-13-23(31)24(32)14-19)17-34-36-29(21-8-4-3-5-9-21)35-26-11-7-6-10-22(26)30(36)37/h3-17H,2,18H2,1H3. The third-order valence-corrected chi connectivity index (χ3v) is 7.35. The van der Waals surface area contributed by atoms with Gasteiger partial charge >= 0.3 is 0 Å². The molecule has 0 fully saturated rings. The SMILES string of the molecule is CCOc1cc(C=Nn2c(-c3ccccc3)nc3ccccc3c2=O)cc(I)c1OCc1ccc(Cl)c(Cl)c1. The Hall–Kier alpha value is -3.40. The lowest BCUT2D eigenvalue weighted by molar-refractivity contribution is 0.267. The Kier molecular flexibility index (Phi) is 8.50. The van der Waals surface area contributed by atoms with Crippen LogP contribution in [0.2, 0.25) is 10.0 Å². The van der Waals surface area contributed by atoms with Gasteiger partial charge in [-0.25, -0.2) is 4.98 Å². The Bertz CT molecular complexity index is 1740. The summed E-state index contributed by atoms with van der Waals surface area (Å²) in [5.41, 5.74) is 2.77. The molecular weight excluding hydrogens is 648 g/mol. The highest BCUT2D eigenvalue weighted by Gasteiger charge is 2.15. The highest BCUT2D eigenvalue weighted by Crippen LogP contribution is 2.35. The van der Waals surface area contributed by atoms with Crippen molar-refractivity contribution >= 4 is 62.9 Å². The van der Waals surface area contributed by atoms with E-state index < -0.39 is 0 Å². The minimum absolute atomic E-state index is 0.253. The van der Waals surface area contributed by atoms with Gasteiger partial charge in [-0.15, -0.1) is 0 Å². The van der Waals surface area contributed by atoms with E-state index in [4.69, 9.17) is 37.7 Å². The molecule has 5 aromatic rings. The molecule has 196 valence electrons. The topological polar surface area (TPSA) is 65.7 Å². The molecule has 0 unspecified atom stereocenters. The minimum atomic E-state index is -0.253. The molecule has 0 bridgehead atoms. The smallest absolute Gasteiger partial charge is 0.282 e. The van der Waals surface area contributed by atoms with Gasteiger partial charge in [0.15, 0.2) is 17.3 Å². The minimum Gasteiger partial charge on any atom is -0.490 e. The fraction of sp³-hybridized carbons (Fsp3) is 0.100. The van der Waals surface area contributed by atoms with Gasteiger partial charge in [0.1, 0.15) is 6.61 Å². The van der Waals surface area contributed by atoms with Crippen LogP contribution in [0.5, 0.6) is 11.5 Å². The Morgan fingerprint density at radius 2 is 1.72 bits per heavy atom. The largest absolute Gasteiger partial charge is 0.490 e. The summed E-state index contributed by atoms with van der Waals surface area (Å²) in [6.45, 7) is 2.65. The van der Waals surface area contributed by atoms with Gasteiger partial charge in [0, 0.05) is 5.56 Å². The van der Waals surface area contributed by atoms with E-state index in [0.717, 1.165) is 20.3 Å². The van der Waals surface area contributed by atoms with Crippen molar-refractivity contribution in [2.45, 2.75) is 13.5 Å². The van der Waals surface area contributed by atoms with Crippen LogP contribution in [0.15, 0.2) is 94.8 Å². The number of benzene rings is 4. The number of nitrogens with zero attached hydrogens (tertiary/aromatic N) is 3. The van der Waals surface area contributed by atoms with Gasteiger partial charge < -0.3 is 9.47 Å². The first-order valence-electron chi connectivity index (χ1n) is 12.1. The zero-order valence-electron chi connectivity index (χ0n) is 20.8. The molecule has 0 saturated heterocycles. The third-order valence-electron chi connectivity index (χ3n) is 5.81. The Labute approximate surface area is 249 Å². The van der Waals surface area contributed by atoms with Gasteiger partial charge in [-0.3, -0.25) is 4.79 Å². The third kappa shape index (κ3) is 6.11. The van der Waals surface area contributed by atoms with Crippen molar-refractivity contribution < 1.29 is 9.47 Å². The van der Waals surface area contributed by atoms with Crippen LogP contribution >= 0.6 is 45.8 Å². The molecular formula is C30H22Cl2IN3O3. The summed E-state index contributed by atoms with van der Waals surface area (Å²) in [5, 5.41) is 6.03.